The molecule has 1 heterocycles. The molecule has 0 aliphatic rings. The lowest BCUT2D eigenvalue weighted by Gasteiger charge is -2.09. The number of halogens is 1. The van der Waals surface area contributed by atoms with Gasteiger partial charge in [0.15, 0.2) is 5.78 Å². The van der Waals surface area contributed by atoms with Gasteiger partial charge in [0.05, 0.1) is 25.4 Å². The van der Waals surface area contributed by atoms with Gasteiger partial charge >= 0.3 is 0 Å². The highest BCUT2D eigenvalue weighted by molar-refractivity contribution is 6.33. The minimum absolute atomic E-state index is 0.176. The summed E-state index contributed by atoms with van der Waals surface area (Å²) in [7, 11) is 0. The van der Waals surface area contributed by atoms with E-state index in [-0.39, 0.29) is 10.9 Å². The van der Waals surface area contributed by atoms with Crippen LogP contribution in [0.3, 0.4) is 0 Å². The first-order valence-corrected chi connectivity index (χ1v) is 9.11. The van der Waals surface area contributed by atoms with Gasteiger partial charge in [-0.15, -0.1) is 0 Å². The molecular weight excluding hydrogens is 362 g/mol. The molecule has 2 aromatic carbocycles. The second kappa shape index (κ2) is 9.86. The molecule has 0 amide bonds. The van der Waals surface area contributed by atoms with E-state index in [0.717, 1.165) is 12.0 Å². The molecule has 0 fully saturated rings. The van der Waals surface area contributed by atoms with E-state index in [9.17, 15) is 4.79 Å². The second-order valence-electron chi connectivity index (χ2n) is 5.94. The highest BCUT2D eigenvalue weighted by Gasteiger charge is 2.13. The lowest BCUT2D eigenvalue weighted by atomic mass is 10.0. The summed E-state index contributed by atoms with van der Waals surface area (Å²) in [6.07, 6.45) is 2.32. The largest absolute Gasteiger partial charge is 0.493 e. The maximum atomic E-state index is 12.6. The normalized spacial score (nSPS) is 10.6. The number of rotatable bonds is 9. The van der Waals surface area contributed by atoms with E-state index in [0.29, 0.717) is 36.7 Å². The van der Waals surface area contributed by atoms with Crippen molar-refractivity contribution in [1.29, 1.82) is 0 Å². The van der Waals surface area contributed by atoms with Gasteiger partial charge in [-0.3, -0.25) is 4.79 Å². The SMILES string of the molecule is O=C(c1cccc(OCCCOCc2ccccc2)c1)c1cccnc1Cl. The fourth-order valence-electron chi connectivity index (χ4n) is 2.55. The van der Waals surface area contributed by atoms with E-state index >= 15 is 0 Å². The zero-order valence-corrected chi connectivity index (χ0v) is 15.6. The summed E-state index contributed by atoms with van der Waals surface area (Å²) in [5.74, 6) is 0.466. The molecule has 3 rings (SSSR count). The fourth-order valence-corrected chi connectivity index (χ4v) is 2.76. The van der Waals surface area contributed by atoms with Crippen molar-refractivity contribution >= 4 is 17.4 Å². The summed E-state index contributed by atoms with van der Waals surface area (Å²) in [4.78, 5) is 16.5. The highest BCUT2D eigenvalue weighted by Crippen LogP contribution is 2.20. The van der Waals surface area contributed by atoms with Gasteiger partial charge in [0.25, 0.3) is 0 Å². The number of nitrogens with zero attached hydrogens (tertiary/aromatic N) is 1. The van der Waals surface area contributed by atoms with Gasteiger partial charge in [-0.1, -0.05) is 54.1 Å². The van der Waals surface area contributed by atoms with Gasteiger partial charge < -0.3 is 9.47 Å². The monoisotopic (exact) mass is 381 g/mol. The number of carbonyl (C=O) groups is 1. The first-order valence-electron chi connectivity index (χ1n) is 8.74. The van der Waals surface area contributed by atoms with Gasteiger partial charge in [-0.25, -0.2) is 4.98 Å². The molecule has 138 valence electrons. The smallest absolute Gasteiger partial charge is 0.196 e. The Morgan fingerprint density at radius 3 is 2.63 bits per heavy atom. The second-order valence-corrected chi connectivity index (χ2v) is 6.30. The van der Waals surface area contributed by atoms with Crippen LogP contribution < -0.4 is 4.74 Å². The van der Waals surface area contributed by atoms with Crippen molar-refractivity contribution in [2.45, 2.75) is 13.0 Å². The maximum absolute atomic E-state index is 12.6. The van der Waals surface area contributed by atoms with Gasteiger partial charge in [-0.2, -0.15) is 0 Å². The lowest BCUT2D eigenvalue weighted by Crippen LogP contribution is -2.05. The molecule has 3 aromatic rings. The molecule has 0 saturated carbocycles. The van der Waals surface area contributed by atoms with E-state index in [1.54, 1.807) is 36.5 Å². The third-order valence-electron chi connectivity index (χ3n) is 3.91. The van der Waals surface area contributed by atoms with Gasteiger partial charge in [-0.05, 0) is 29.8 Å². The number of hydrogen-bond acceptors (Lipinski definition) is 4. The summed E-state index contributed by atoms with van der Waals surface area (Å²) in [6, 6.07) is 20.5. The minimum Gasteiger partial charge on any atom is -0.493 e. The van der Waals surface area contributed by atoms with Crippen molar-refractivity contribution in [1.82, 2.24) is 4.98 Å². The Labute approximate surface area is 163 Å². The molecule has 1 aromatic heterocycles. The number of ether oxygens (including phenoxy) is 2. The van der Waals surface area contributed by atoms with Crippen LogP contribution in [0.5, 0.6) is 5.75 Å². The first kappa shape index (κ1) is 19.1. The van der Waals surface area contributed by atoms with Crippen molar-refractivity contribution in [3.8, 4) is 5.75 Å². The Kier molecular flexibility index (Phi) is 6.97. The van der Waals surface area contributed by atoms with Gasteiger partial charge in [0, 0.05) is 18.2 Å². The van der Waals surface area contributed by atoms with Crippen molar-refractivity contribution in [3.63, 3.8) is 0 Å². The molecule has 0 saturated heterocycles. The standard InChI is InChI=1S/C22H20ClNO3/c23-22-20(11-5-12-24-22)21(25)18-9-4-10-19(15-18)27-14-6-13-26-16-17-7-2-1-3-8-17/h1-5,7-12,15H,6,13-14,16H2. The molecule has 4 nitrogen and oxygen atoms in total. The summed E-state index contributed by atoms with van der Waals surface area (Å²) in [6.45, 7) is 1.72. The predicted octanol–water partition coefficient (Wildman–Crippen LogP) is 4.95. The van der Waals surface area contributed by atoms with Crippen LogP contribution >= 0.6 is 11.6 Å². The topological polar surface area (TPSA) is 48.4 Å². The summed E-state index contributed by atoms with van der Waals surface area (Å²) in [5.41, 5.74) is 2.05. The van der Waals surface area contributed by atoms with Crippen LogP contribution in [0.15, 0.2) is 72.9 Å². The molecule has 0 atom stereocenters. The summed E-state index contributed by atoms with van der Waals surface area (Å²) < 4.78 is 11.4. The average molecular weight is 382 g/mol. The lowest BCUT2D eigenvalue weighted by molar-refractivity contribution is 0.103. The van der Waals surface area contributed by atoms with Crippen LogP contribution in [-0.2, 0) is 11.3 Å². The van der Waals surface area contributed by atoms with Crippen LogP contribution in [0.4, 0.5) is 0 Å². The fraction of sp³-hybridized carbons (Fsp3) is 0.182. The quantitative estimate of drug-likeness (QED) is 0.299. The number of pyridine rings is 1. The zero-order chi connectivity index (χ0) is 18.9. The van der Waals surface area contributed by atoms with E-state index in [2.05, 4.69) is 4.98 Å². The molecular formula is C22H20ClNO3. The number of ketones is 1. The van der Waals surface area contributed by atoms with Crippen molar-refractivity contribution in [2.24, 2.45) is 0 Å². The van der Waals surface area contributed by atoms with Gasteiger partial charge in [0.1, 0.15) is 10.9 Å². The van der Waals surface area contributed by atoms with Gasteiger partial charge in [0.2, 0.25) is 0 Å². The molecule has 0 bridgehead atoms. The third-order valence-corrected chi connectivity index (χ3v) is 4.21. The van der Waals surface area contributed by atoms with Crippen molar-refractivity contribution < 1.29 is 14.3 Å². The maximum Gasteiger partial charge on any atom is 0.196 e. The Hall–Kier alpha value is -2.69. The first-order chi connectivity index (χ1) is 13.2. The Morgan fingerprint density at radius 1 is 0.963 bits per heavy atom. The summed E-state index contributed by atoms with van der Waals surface area (Å²) in [5, 5.41) is 0.199. The van der Waals surface area contributed by atoms with Crippen LogP contribution in [-0.4, -0.2) is 24.0 Å². The molecule has 0 aliphatic carbocycles. The van der Waals surface area contributed by atoms with Crippen LogP contribution in [0, 0.1) is 0 Å². The zero-order valence-electron chi connectivity index (χ0n) is 14.8. The van der Waals surface area contributed by atoms with Crippen LogP contribution in [0.1, 0.15) is 27.9 Å². The number of benzene rings is 2. The van der Waals surface area contributed by atoms with Crippen molar-refractivity contribution in [3.05, 3.63) is 94.8 Å². The Bertz CT molecular complexity index is 883. The molecule has 0 unspecified atom stereocenters. The minimum atomic E-state index is -0.176. The van der Waals surface area contributed by atoms with E-state index in [1.165, 1.54) is 0 Å². The van der Waals surface area contributed by atoms with E-state index in [4.69, 9.17) is 21.1 Å². The average Bonchev–Trinajstić information content (AvgIpc) is 2.71. The highest BCUT2D eigenvalue weighted by atomic mass is 35.5. The molecule has 0 N–H and O–H groups in total. The predicted molar refractivity (Wildman–Crippen MR) is 105 cm³/mol. The molecule has 0 radical (unpaired) electrons. The van der Waals surface area contributed by atoms with Crippen LogP contribution in [0.25, 0.3) is 0 Å². The number of hydrogen-bond donors (Lipinski definition) is 0. The van der Waals surface area contributed by atoms with Crippen LogP contribution in [0.2, 0.25) is 5.15 Å². The van der Waals surface area contributed by atoms with E-state index in [1.807, 2.05) is 36.4 Å². The third kappa shape index (κ3) is 5.64. The number of carbonyl (C=O) groups excluding carboxylic acids is 1. The molecule has 5 heteroatoms. The van der Waals surface area contributed by atoms with E-state index < -0.39 is 0 Å². The summed E-state index contributed by atoms with van der Waals surface area (Å²) >= 11 is 6.01. The molecule has 0 spiro atoms. The Morgan fingerprint density at radius 2 is 1.81 bits per heavy atom. The number of aromatic nitrogens is 1. The Balaban J connectivity index is 1.47. The molecule has 0 aliphatic heterocycles. The van der Waals surface area contributed by atoms with Crippen molar-refractivity contribution in [2.75, 3.05) is 13.2 Å². The molecule has 27 heavy (non-hydrogen) atoms.